The van der Waals surface area contributed by atoms with Gasteiger partial charge in [-0.1, -0.05) is 13.8 Å². The van der Waals surface area contributed by atoms with E-state index in [2.05, 4.69) is 15.3 Å². The molecule has 2 heterocycles. The fourth-order valence-electron chi connectivity index (χ4n) is 2.13. The van der Waals surface area contributed by atoms with Crippen LogP contribution in [0.4, 0.5) is 24.8 Å². The van der Waals surface area contributed by atoms with Crippen LogP contribution in [0.15, 0.2) is 30.5 Å². The first-order valence-corrected chi connectivity index (χ1v) is 7.85. The van der Waals surface area contributed by atoms with Gasteiger partial charge in [-0.05, 0) is 30.2 Å². The molecule has 0 unspecified atom stereocenters. The highest BCUT2D eigenvalue weighted by Gasteiger charge is 2.37. The van der Waals surface area contributed by atoms with Crippen molar-refractivity contribution in [3.05, 3.63) is 47.3 Å². The average molecular weight is 365 g/mol. The first kappa shape index (κ1) is 19.6. The van der Waals surface area contributed by atoms with Crippen LogP contribution < -0.4 is 16.8 Å². The van der Waals surface area contributed by atoms with E-state index < -0.39 is 35.1 Å². The maximum Gasteiger partial charge on any atom is 0.418 e. The molecule has 3 N–H and O–H groups in total. The summed E-state index contributed by atoms with van der Waals surface area (Å²) in [5.41, 5.74) is 13.2. The number of halogens is 3. The molecule has 0 spiro atoms. The van der Waals surface area contributed by atoms with E-state index in [9.17, 15) is 18.0 Å². The molecule has 26 heavy (non-hydrogen) atoms. The van der Waals surface area contributed by atoms with Gasteiger partial charge in [0, 0.05) is 18.8 Å². The first-order chi connectivity index (χ1) is 12.1. The fourth-order valence-corrected chi connectivity index (χ4v) is 2.13. The second kappa shape index (κ2) is 7.69. The van der Waals surface area contributed by atoms with Gasteiger partial charge in [-0.2, -0.15) is 13.2 Å². The maximum absolute atomic E-state index is 13.3. The summed E-state index contributed by atoms with van der Waals surface area (Å²) in [6.45, 7) is 3.89. The molecule has 0 aliphatic carbocycles. The smallest absolute Gasteiger partial charge is 0.368 e. The number of alkyl halides is 3. The highest BCUT2D eigenvalue weighted by Crippen LogP contribution is 2.33. The number of hydrogen-bond acceptors (Lipinski definition) is 4. The summed E-state index contributed by atoms with van der Waals surface area (Å²) in [7, 11) is 0. The molecule has 2 radical (unpaired) electrons. The number of carbonyl (C=O) groups is 1. The molecule has 1 atom stereocenters. The molecule has 0 bridgehead atoms. The van der Waals surface area contributed by atoms with Crippen molar-refractivity contribution in [3.8, 4) is 0 Å². The summed E-state index contributed by atoms with van der Waals surface area (Å²) >= 11 is 0. The Morgan fingerprint density at radius 2 is 1.96 bits per heavy atom. The molecule has 0 saturated heterocycles. The number of rotatable bonds is 6. The lowest BCUT2D eigenvalue weighted by Crippen LogP contribution is -2.27. The number of nitrogens with one attached hydrogen (secondary N) is 3. The Balaban J connectivity index is 2.42. The molecular formula is C17H18F3N5O. The van der Waals surface area contributed by atoms with Crippen LogP contribution in [-0.4, -0.2) is 28.3 Å². The molecule has 0 aliphatic heterocycles. The zero-order valence-electron chi connectivity index (χ0n) is 14.2. The number of pyridine rings is 2. The number of ketones is 1. The Labute approximate surface area is 148 Å². The van der Waals surface area contributed by atoms with E-state index in [1.54, 1.807) is 0 Å². The topological polar surface area (TPSA) is 102 Å². The first-order valence-electron chi connectivity index (χ1n) is 7.85. The van der Waals surface area contributed by atoms with Crippen molar-refractivity contribution >= 4 is 17.4 Å². The number of anilines is 1. The third-order valence-electron chi connectivity index (χ3n) is 3.78. The average Bonchev–Trinajstić information content (AvgIpc) is 2.58. The van der Waals surface area contributed by atoms with E-state index in [0.717, 1.165) is 12.1 Å². The Morgan fingerprint density at radius 1 is 1.27 bits per heavy atom. The van der Waals surface area contributed by atoms with Gasteiger partial charge in [-0.15, -0.1) is 0 Å². The normalized spacial score (nSPS) is 12.9. The summed E-state index contributed by atoms with van der Waals surface area (Å²) in [6.07, 6.45) is -3.49. The van der Waals surface area contributed by atoms with Crippen LogP contribution in [0.25, 0.3) is 0 Å². The van der Waals surface area contributed by atoms with Crippen LogP contribution in [0.5, 0.6) is 0 Å². The summed E-state index contributed by atoms with van der Waals surface area (Å²) in [6, 6.07) is 4.02. The van der Waals surface area contributed by atoms with Gasteiger partial charge >= 0.3 is 6.18 Å². The maximum atomic E-state index is 13.3. The van der Waals surface area contributed by atoms with Crippen molar-refractivity contribution in [1.82, 2.24) is 21.4 Å². The zero-order chi connectivity index (χ0) is 19.5. The van der Waals surface area contributed by atoms with Crippen LogP contribution in [0.2, 0.25) is 0 Å². The number of carbonyl (C=O) groups excluding carboxylic acids is 1. The van der Waals surface area contributed by atoms with Crippen LogP contribution in [0.1, 0.15) is 35.5 Å². The molecule has 0 saturated carbocycles. The molecule has 0 aliphatic rings. The minimum atomic E-state index is -4.77. The SMILES string of the molecule is CC(C)[C@H]([NH])CNc1ccc(C(F)(F)F)c(C(=O)c2cccnc2[NH])n1. The molecule has 2 aromatic rings. The molecule has 0 fully saturated rings. The summed E-state index contributed by atoms with van der Waals surface area (Å²) in [5, 5.41) is 2.79. The molecular weight excluding hydrogens is 347 g/mol. The van der Waals surface area contributed by atoms with Gasteiger partial charge in [-0.3, -0.25) is 16.3 Å². The van der Waals surface area contributed by atoms with Crippen molar-refractivity contribution < 1.29 is 18.0 Å². The van der Waals surface area contributed by atoms with Crippen molar-refractivity contribution in [3.63, 3.8) is 0 Å². The summed E-state index contributed by atoms with van der Waals surface area (Å²) in [4.78, 5) is 20.0. The summed E-state index contributed by atoms with van der Waals surface area (Å²) in [5.74, 6) is -1.32. The Kier molecular flexibility index (Phi) is 5.81. The highest BCUT2D eigenvalue weighted by molar-refractivity contribution is 6.11. The second-order valence-electron chi connectivity index (χ2n) is 6.05. The van der Waals surface area contributed by atoms with E-state index in [1.165, 1.54) is 18.3 Å². The number of hydrogen-bond donors (Lipinski definition) is 1. The van der Waals surface area contributed by atoms with Crippen LogP contribution in [0.3, 0.4) is 0 Å². The fraction of sp³-hybridized carbons (Fsp3) is 0.353. The van der Waals surface area contributed by atoms with E-state index >= 15 is 0 Å². The minimum absolute atomic E-state index is 0.0549. The predicted molar refractivity (Wildman–Crippen MR) is 89.9 cm³/mol. The third kappa shape index (κ3) is 4.48. The molecule has 9 heteroatoms. The van der Waals surface area contributed by atoms with Crippen molar-refractivity contribution in [2.45, 2.75) is 26.1 Å². The molecule has 2 aromatic heterocycles. The van der Waals surface area contributed by atoms with E-state index in [4.69, 9.17) is 11.5 Å². The largest absolute Gasteiger partial charge is 0.418 e. The van der Waals surface area contributed by atoms with E-state index in [1.807, 2.05) is 13.8 Å². The minimum Gasteiger partial charge on any atom is -0.368 e. The molecule has 6 nitrogen and oxygen atoms in total. The van der Waals surface area contributed by atoms with Gasteiger partial charge in [0.15, 0.2) is 5.82 Å². The van der Waals surface area contributed by atoms with Crippen molar-refractivity contribution in [1.29, 1.82) is 0 Å². The van der Waals surface area contributed by atoms with Gasteiger partial charge in [0.05, 0.1) is 11.1 Å². The van der Waals surface area contributed by atoms with Gasteiger partial charge in [0.25, 0.3) is 0 Å². The highest BCUT2D eigenvalue weighted by atomic mass is 19.4. The van der Waals surface area contributed by atoms with Crippen LogP contribution in [0, 0.1) is 5.92 Å². The lowest BCUT2D eigenvalue weighted by molar-refractivity contribution is -0.138. The Hall–Kier alpha value is -2.68. The van der Waals surface area contributed by atoms with Crippen molar-refractivity contribution in [2.75, 3.05) is 11.9 Å². The lowest BCUT2D eigenvalue weighted by atomic mass is 10.0. The predicted octanol–water partition coefficient (Wildman–Crippen LogP) is 3.36. The van der Waals surface area contributed by atoms with E-state index in [-0.39, 0.29) is 23.8 Å². The second-order valence-corrected chi connectivity index (χ2v) is 6.05. The van der Waals surface area contributed by atoms with Crippen molar-refractivity contribution in [2.24, 2.45) is 5.92 Å². The number of aromatic nitrogens is 2. The third-order valence-corrected chi connectivity index (χ3v) is 3.78. The molecule has 0 amide bonds. The zero-order valence-corrected chi connectivity index (χ0v) is 14.2. The van der Waals surface area contributed by atoms with Crippen LogP contribution >= 0.6 is 0 Å². The molecule has 0 aromatic carbocycles. The summed E-state index contributed by atoms with van der Waals surface area (Å²) < 4.78 is 39.8. The van der Waals surface area contributed by atoms with Crippen LogP contribution in [-0.2, 0) is 6.18 Å². The van der Waals surface area contributed by atoms with Gasteiger partial charge in [-0.25, -0.2) is 9.97 Å². The van der Waals surface area contributed by atoms with E-state index in [0.29, 0.717) is 0 Å². The Morgan fingerprint density at radius 3 is 2.54 bits per heavy atom. The van der Waals surface area contributed by atoms with Gasteiger partial charge in [0.2, 0.25) is 5.78 Å². The van der Waals surface area contributed by atoms with Gasteiger partial charge < -0.3 is 5.32 Å². The lowest BCUT2D eigenvalue weighted by Gasteiger charge is -2.17. The Bertz CT molecular complexity index is 792. The monoisotopic (exact) mass is 365 g/mol. The quantitative estimate of drug-likeness (QED) is 0.793. The standard InChI is InChI=1S/C17H18F3N5O/c1-9(2)12(21)8-24-13-6-5-11(17(18,19)20)14(25-13)15(26)10-4-3-7-23-16(10)22/h3-7,9,12,21-22H,8H2,1-2H3,(H,24,25)/t12-/m1/s1. The number of nitrogens with zero attached hydrogens (tertiary/aromatic N) is 2. The molecule has 2 rings (SSSR count). The van der Waals surface area contributed by atoms with Gasteiger partial charge in [0.1, 0.15) is 11.5 Å². The molecule has 138 valence electrons.